The van der Waals surface area contributed by atoms with Crippen LogP contribution in [0.1, 0.15) is 18.5 Å². The third kappa shape index (κ3) is 3.33. The molecule has 0 saturated carbocycles. The number of nitrogens with one attached hydrogen (secondary N) is 1. The first-order chi connectivity index (χ1) is 9.63. The van der Waals surface area contributed by atoms with Gasteiger partial charge in [-0.05, 0) is 19.2 Å². The second-order valence-electron chi connectivity index (χ2n) is 4.99. The minimum atomic E-state index is -0.355. The van der Waals surface area contributed by atoms with Gasteiger partial charge < -0.3 is 10.1 Å². The molecule has 2 atom stereocenters. The molecule has 1 aliphatic rings. The van der Waals surface area contributed by atoms with Crippen molar-refractivity contribution in [2.24, 2.45) is 0 Å². The monoisotopic (exact) mass is 279 g/mol. The number of rotatable bonds is 5. The van der Waals surface area contributed by atoms with Gasteiger partial charge in [0.1, 0.15) is 0 Å². The maximum atomic E-state index is 10.9. The molecular formula is C14H21N3O3. The van der Waals surface area contributed by atoms with E-state index in [4.69, 9.17) is 4.74 Å². The molecule has 2 unspecified atom stereocenters. The summed E-state index contributed by atoms with van der Waals surface area (Å²) < 4.78 is 5.84. The van der Waals surface area contributed by atoms with Crippen molar-refractivity contribution in [1.82, 2.24) is 10.2 Å². The zero-order valence-electron chi connectivity index (χ0n) is 11.9. The Morgan fingerprint density at radius 1 is 1.55 bits per heavy atom. The van der Waals surface area contributed by atoms with Crippen LogP contribution >= 0.6 is 0 Å². The molecule has 1 aromatic rings. The van der Waals surface area contributed by atoms with Gasteiger partial charge >= 0.3 is 0 Å². The number of ether oxygens (including phenoxy) is 1. The van der Waals surface area contributed by atoms with Crippen molar-refractivity contribution in [1.29, 1.82) is 0 Å². The molecule has 0 spiro atoms. The summed E-state index contributed by atoms with van der Waals surface area (Å²) in [7, 11) is 2.03. The summed E-state index contributed by atoms with van der Waals surface area (Å²) in [5.74, 6) is 0. The average molecular weight is 279 g/mol. The minimum Gasteiger partial charge on any atom is -0.374 e. The predicted molar refractivity (Wildman–Crippen MR) is 76.8 cm³/mol. The summed E-state index contributed by atoms with van der Waals surface area (Å²) in [6, 6.07) is 6.88. The van der Waals surface area contributed by atoms with E-state index >= 15 is 0 Å². The van der Waals surface area contributed by atoms with Gasteiger partial charge in [-0.1, -0.05) is 19.1 Å². The van der Waals surface area contributed by atoms with Gasteiger partial charge in [0.05, 0.1) is 23.7 Å². The van der Waals surface area contributed by atoms with E-state index in [1.165, 1.54) is 6.07 Å². The van der Waals surface area contributed by atoms with Crippen LogP contribution in [0, 0.1) is 10.1 Å². The van der Waals surface area contributed by atoms with Gasteiger partial charge in [-0.15, -0.1) is 0 Å². The summed E-state index contributed by atoms with van der Waals surface area (Å²) in [6.07, 6.45) is 0.00991. The molecule has 0 aliphatic carbocycles. The number of nitrogens with zero attached hydrogens (tertiary/aromatic N) is 2. The molecule has 1 saturated heterocycles. The van der Waals surface area contributed by atoms with Gasteiger partial charge in [-0.3, -0.25) is 15.0 Å². The molecule has 110 valence electrons. The lowest BCUT2D eigenvalue weighted by atomic mass is 9.98. The Morgan fingerprint density at radius 2 is 2.35 bits per heavy atom. The second kappa shape index (κ2) is 6.78. The molecule has 0 aromatic heterocycles. The van der Waals surface area contributed by atoms with E-state index < -0.39 is 0 Å². The zero-order valence-corrected chi connectivity index (χ0v) is 11.9. The summed E-state index contributed by atoms with van der Waals surface area (Å²) in [6.45, 7) is 5.20. The lowest BCUT2D eigenvalue weighted by molar-refractivity contribution is -0.385. The molecular weight excluding hydrogens is 258 g/mol. The number of likely N-dealkylation sites (N-methyl/N-ethyl adjacent to an activating group) is 2. The van der Waals surface area contributed by atoms with Crippen LogP contribution in [-0.2, 0) is 4.74 Å². The molecule has 1 heterocycles. The standard InChI is InChI=1S/C14H21N3O3/c1-3-15-10-13-14(16(2)7-8-20-13)11-5-4-6-12(9-11)17(18)19/h4-6,9,13-15H,3,7-8,10H2,1-2H3. The first-order valence-corrected chi connectivity index (χ1v) is 6.90. The van der Waals surface area contributed by atoms with E-state index in [0.717, 1.165) is 25.2 Å². The van der Waals surface area contributed by atoms with Crippen LogP contribution < -0.4 is 5.32 Å². The second-order valence-corrected chi connectivity index (χ2v) is 4.99. The smallest absolute Gasteiger partial charge is 0.269 e. The lowest BCUT2D eigenvalue weighted by Crippen LogP contribution is -2.47. The predicted octanol–water partition coefficient (Wildman–Crippen LogP) is 1.58. The SMILES string of the molecule is CCNCC1OCCN(C)C1c1cccc([N+](=O)[O-])c1. The van der Waals surface area contributed by atoms with Crippen molar-refractivity contribution in [2.45, 2.75) is 19.1 Å². The molecule has 20 heavy (non-hydrogen) atoms. The van der Waals surface area contributed by atoms with Crippen molar-refractivity contribution in [3.05, 3.63) is 39.9 Å². The van der Waals surface area contributed by atoms with E-state index in [1.807, 2.05) is 13.1 Å². The Balaban J connectivity index is 2.25. The molecule has 1 fully saturated rings. The lowest BCUT2D eigenvalue weighted by Gasteiger charge is -2.39. The van der Waals surface area contributed by atoms with E-state index in [0.29, 0.717) is 6.61 Å². The highest BCUT2D eigenvalue weighted by molar-refractivity contribution is 5.36. The van der Waals surface area contributed by atoms with E-state index in [1.54, 1.807) is 12.1 Å². The number of morpholine rings is 1. The number of hydrogen-bond donors (Lipinski definition) is 1. The van der Waals surface area contributed by atoms with Gasteiger partial charge in [-0.25, -0.2) is 0 Å². The number of benzene rings is 1. The van der Waals surface area contributed by atoms with Gasteiger partial charge in [0.2, 0.25) is 0 Å². The van der Waals surface area contributed by atoms with E-state index in [-0.39, 0.29) is 22.8 Å². The van der Waals surface area contributed by atoms with Gasteiger partial charge in [-0.2, -0.15) is 0 Å². The number of nitro groups is 1. The fraction of sp³-hybridized carbons (Fsp3) is 0.571. The van der Waals surface area contributed by atoms with Gasteiger partial charge in [0.25, 0.3) is 5.69 Å². The number of non-ortho nitro benzene ring substituents is 1. The van der Waals surface area contributed by atoms with Crippen molar-refractivity contribution < 1.29 is 9.66 Å². The van der Waals surface area contributed by atoms with Crippen LogP contribution in [0.4, 0.5) is 5.69 Å². The third-order valence-corrected chi connectivity index (χ3v) is 3.62. The molecule has 1 N–H and O–H groups in total. The summed E-state index contributed by atoms with van der Waals surface area (Å²) in [4.78, 5) is 12.8. The summed E-state index contributed by atoms with van der Waals surface area (Å²) >= 11 is 0. The summed E-state index contributed by atoms with van der Waals surface area (Å²) in [5, 5.41) is 14.2. The highest BCUT2D eigenvalue weighted by Gasteiger charge is 2.31. The quantitative estimate of drug-likeness (QED) is 0.654. The van der Waals surface area contributed by atoms with Crippen LogP contribution in [0.2, 0.25) is 0 Å². The highest BCUT2D eigenvalue weighted by Crippen LogP contribution is 2.30. The molecule has 0 radical (unpaired) electrons. The molecule has 6 nitrogen and oxygen atoms in total. The van der Waals surface area contributed by atoms with E-state index in [9.17, 15) is 10.1 Å². The Bertz CT molecular complexity index is 467. The third-order valence-electron chi connectivity index (χ3n) is 3.62. The highest BCUT2D eigenvalue weighted by atomic mass is 16.6. The largest absolute Gasteiger partial charge is 0.374 e. The number of hydrogen-bond acceptors (Lipinski definition) is 5. The molecule has 6 heteroatoms. The summed E-state index contributed by atoms with van der Waals surface area (Å²) in [5.41, 5.74) is 1.06. The zero-order chi connectivity index (χ0) is 14.5. The topological polar surface area (TPSA) is 67.6 Å². The Morgan fingerprint density at radius 3 is 3.05 bits per heavy atom. The maximum absolute atomic E-state index is 10.9. The van der Waals surface area contributed by atoms with Crippen LogP contribution in [0.5, 0.6) is 0 Å². The van der Waals surface area contributed by atoms with Crippen LogP contribution in [0.25, 0.3) is 0 Å². The average Bonchev–Trinajstić information content (AvgIpc) is 2.45. The molecule has 0 amide bonds. The molecule has 2 rings (SSSR count). The minimum absolute atomic E-state index is 0.00991. The van der Waals surface area contributed by atoms with Gasteiger partial charge in [0, 0.05) is 25.2 Å². The fourth-order valence-electron chi connectivity index (χ4n) is 2.61. The van der Waals surface area contributed by atoms with Crippen LogP contribution in [0.15, 0.2) is 24.3 Å². The van der Waals surface area contributed by atoms with Crippen molar-refractivity contribution >= 4 is 5.69 Å². The fourth-order valence-corrected chi connectivity index (χ4v) is 2.61. The van der Waals surface area contributed by atoms with Gasteiger partial charge in [0.15, 0.2) is 0 Å². The maximum Gasteiger partial charge on any atom is 0.269 e. The Kier molecular flexibility index (Phi) is 5.05. The van der Waals surface area contributed by atoms with Crippen molar-refractivity contribution in [2.75, 3.05) is 33.3 Å². The normalized spacial score (nSPS) is 23.7. The Labute approximate surface area is 118 Å². The molecule has 1 aliphatic heterocycles. The van der Waals surface area contributed by atoms with Crippen molar-refractivity contribution in [3.63, 3.8) is 0 Å². The van der Waals surface area contributed by atoms with E-state index in [2.05, 4.69) is 17.1 Å². The molecule has 0 bridgehead atoms. The first-order valence-electron chi connectivity index (χ1n) is 6.90. The van der Waals surface area contributed by atoms with Crippen LogP contribution in [-0.4, -0.2) is 49.2 Å². The Hall–Kier alpha value is -1.50. The van der Waals surface area contributed by atoms with Crippen molar-refractivity contribution in [3.8, 4) is 0 Å². The number of nitro benzene ring substituents is 1. The van der Waals surface area contributed by atoms with Crippen LogP contribution in [0.3, 0.4) is 0 Å². The molecule has 1 aromatic carbocycles. The first kappa shape index (κ1) is 14.9.